The Morgan fingerprint density at radius 1 is 1.00 bits per heavy atom. The summed E-state index contributed by atoms with van der Waals surface area (Å²) in [7, 11) is 0. The molecular formula is C28H30N2O6. The van der Waals surface area contributed by atoms with Gasteiger partial charge in [-0.3, -0.25) is 4.90 Å². The molecule has 3 rings (SSSR count). The molecule has 0 amide bonds. The second-order valence-electron chi connectivity index (χ2n) is 8.45. The number of aromatic hydroxyl groups is 2. The van der Waals surface area contributed by atoms with Crippen molar-refractivity contribution in [2.24, 2.45) is 5.73 Å². The molecular weight excluding hydrogens is 460 g/mol. The molecule has 36 heavy (non-hydrogen) atoms. The van der Waals surface area contributed by atoms with Crippen molar-refractivity contribution < 1.29 is 29.5 Å². The minimum atomic E-state index is -0.966. The number of hydrogen-bond acceptors (Lipinski definition) is 8. The summed E-state index contributed by atoms with van der Waals surface area (Å²) in [6.07, 6.45) is 9.78. The van der Waals surface area contributed by atoms with Crippen LogP contribution in [0, 0.1) is 36.5 Å². The molecule has 1 aliphatic heterocycles. The standard InChI is InChI=1S/C28H30N2O6/c1-4-13-30(19-24(33)20-8-10-22(31)23(32)16-20)14-7-6-12-28(3)35-25-11-9-21(17-26(25)36-28)27(18-29)34-15-5-2/h1-2,8-11,16-17,24,27,31-33H,12-15,18-19,29H2,3H3. The number of nitrogens with two attached hydrogens (primary N) is 1. The number of aliphatic hydroxyl groups excluding tert-OH is 1. The van der Waals surface area contributed by atoms with Gasteiger partial charge in [0.05, 0.1) is 31.7 Å². The van der Waals surface area contributed by atoms with E-state index >= 15 is 0 Å². The summed E-state index contributed by atoms with van der Waals surface area (Å²) in [5.41, 5.74) is 7.11. The van der Waals surface area contributed by atoms with E-state index < -0.39 is 11.9 Å². The third kappa shape index (κ3) is 6.86. The quantitative estimate of drug-likeness (QED) is 0.296. The fraction of sp³-hybridized carbons (Fsp3) is 0.357. The van der Waals surface area contributed by atoms with Crippen LogP contribution in [-0.4, -0.2) is 58.8 Å². The van der Waals surface area contributed by atoms with E-state index in [-0.39, 0.29) is 43.8 Å². The second-order valence-corrected chi connectivity index (χ2v) is 8.45. The third-order valence-corrected chi connectivity index (χ3v) is 5.54. The maximum atomic E-state index is 10.5. The maximum Gasteiger partial charge on any atom is 0.259 e. The van der Waals surface area contributed by atoms with Crippen LogP contribution in [0.2, 0.25) is 0 Å². The van der Waals surface area contributed by atoms with Crippen LogP contribution in [0.4, 0.5) is 0 Å². The molecule has 2 aromatic rings. The molecule has 0 aromatic heterocycles. The molecule has 0 aliphatic carbocycles. The summed E-state index contributed by atoms with van der Waals surface area (Å²) >= 11 is 0. The molecule has 0 fully saturated rings. The third-order valence-electron chi connectivity index (χ3n) is 5.54. The Morgan fingerprint density at radius 3 is 2.44 bits per heavy atom. The van der Waals surface area contributed by atoms with Gasteiger partial charge in [0.1, 0.15) is 6.61 Å². The first kappa shape index (κ1) is 26.8. The number of phenols is 2. The Kier molecular flexibility index (Phi) is 9.08. The number of rotatable bonds is 10. The first-order chi connectivity index (χ1) is 17.3. The van der Waals surface area contributed by atoms with Gasteiger partial charge in [0, 0.05) is 20.0 Å². The number of nitrogens with zero attached hydrogens (tertiary/aromatic N) is 1. The van der Waals surface area contributed by atoms with Crippen molar-refractivity contribution in [2.75, 3.05) is 32.8 Å². The van der Waals surface area contributed by atoms with E-state index in [1.165, 1.54) is 18.2 Å². The van der Waals surface area contributed by atoms with Gasteiger partial charge in [0.15, 0.2) is 23.0 Å². The van der Waals surface area contributed by atoms with Crippen molar-refractivity contribution in [1.29, 1.82) is 0 Å². The number of benzene rings is 2. The molecule has 3 unspecified atom stereocenters. The summed E-state index contributed by atoms with van der Waals surface area (Å²) in [6.45, 7) is 3.03. The van der Waals surface area contributed by atoms with Crippen LogP contribution in [0.1, 0.15) is 36.7 Å². The summed E-state index contributed by atoms with van der Waals surface area (Å²) in [5, 5.41) is 29.6. The minimum absolute atomic E-state index is 0.161. The van der Waals surface area contributed by atoms with Crippen molar-refractivity contribution in [3.8, 4) is 59.5 Å². The highest BCUT2D eigenvalue weighted by Gasteiger charge is 2.36. The van der Waals surface area contributed by atoms with Gasteiger partial charge in [-0.25, -0.2) is 0 Å². The predicted octanol–water partition coefficient (Wildman–Crippen LogP) is 2.30. The van der Waals surface area contributed by atoms with Gasteiger partial charge in [-0.2, -0.15) is 0 Å². The lowest BCUT2D eigenvalue weighted by Crippen LogP contribution is -2.34. The zero-order valence-electron chi connectivity index (χ0n) is 20.1. The average Bonchev–Trinajstić information content (AvgIpc) is 3.19. The van der Waals surface area contributed by atoms with Crippen LogP contribution in [0.3, 0.4) is 0 Å². The SMILES string of the molecule is C#CCOC(CN)c1ccc2c(c1)OC(C)(CC#CCN(CC#C)CC(O)c1ccc(O)c(O)c1)O2. The molecule has 0 saturated heterocycles. The predicted molar refractivity (Wildman–Crippen MR) is 135 cm³/mol. The van der Waals surface area contributed by atoms with E-state index in [2.05, 4.69) is 23.7 Å². The highest BCUT2D eigenvalue weighted by atomic mass is 16.7. The van der Waals surface area contributed by atoms with Gasteiger partial charge < -0.3 is 35.3 Å². The van der Waals surface area contributed by atoms with E-state index in [0.29, 0.717) is 30.0 Å². The summed E-state index contributed by atoms with van der Waals surface area (Å²) in [5.74, 6) is 10.8. The number of phenolic OH excluding ortho intramolecular Hbond substituents is 2. The number of aliphatic hydroxyl groups is 1. The Morgan fingerprint density at radius 2 is 1.75 bits per heavy atom. The zero-order valence-corrected chi connectivity index (χ0v) is 20.1. The monoisotopic (exact) mass is 490 g/mol. The maximum absolute atomic E-state index is 10.5. The van der Waals surface area contributed by atoms with Crippen molar-refractivity contribution in [1.82, 2.24) is 4.90 Å². The molecule has 0 bridgehead atoms. The highest BCUT2D eigenvalue weighted by Crippen LogP contribution is 2.42. The van der Waals surface area contributed by atoms with E-state index in [1.54, 1.807) is 11.8 Å². The van der Waals surface area contributed by atoms with Crippen LogP contribution < -0.4 is 15.2 Å². The van der Waals surface area contributed by atoms with Gasteiger partial charge in [-0.05, 0) is 35.4 Å². The van der Waals surface area contributed by atoms with E-state index in [0.717, 1.165) is 5.56 Å². The van der Waals surface area contributed by atoms with Crippen LogP contribution >= 0.6 is 0 Å². The van der Waals surface area contributed by atoms with Gasteiger partial charge in [0.25, 0.3) is 5.79 Å². The topological polar surface area (TPSA) is 118 Å². The lowest BCUT2D eigenvalue weighted by Gasteiger charge is -2.22. The van der Waals surface area contributed by atoms with Crippen LogP contribution in [0.5, 0.6) is 23.0 Å². The molecule has 0 saturated carbocycles. The van der Waals surface area contributed by atoms with Gasteiger partial charge in [-0.15, -0.1) is 12.8 Å². The fourth-order valence-electron chi connectivity index (χ4n) is 3.70. The van der Waals surface area contributed by atoms with Crippen molar-refractivity contribution in [3.05, 3.63) is 47.5 Å². The lowest BCUT2D eigenvalue weighted by atomic mass is 10.1. The molecule has 1 aliphatic rings. The Hall–Kier alpha value is -3.84. The number of ether oxygens (including phenoxy) is 3. The summed E-state index contributed by atoms with van der Waals surface area (Å²) < 4.78 is 17.6. The molecule has 8 nitrogen and oxygen atoms in total. The van der Waals surface area contributed by atoms with E-state index in [4.69, 9.17) is 32.8 Å². The minimum Gasteiger partial charge on any atom is -0.504 e. The van der Waals surface area contributed by atoms with E-state index in [1.807, 2.05) is 18.2 Å². The molecule has 8 heteroatoms. The van der Waals surface area contributed by atoms with Crippen molar-refractivity contribution in [2.45, 2.75) is 31.3 Å². The summed E-state index contributed by atoms with van der Waals surface area (Å²) in [6, 6.07) is 9.68. The van der Waals surface area contributed by atoms with Crippen LogP contribution in [0.15, 0.2) is 36.4 Å². The van der Waals surface area contributed by atoms with Crippen molar-refractivity contribution >= 4 is 0 Å². The normalized spacial score (nSPS) is 17.5. The van der Waals surface area contributed by atoms with Gasteiger partial charge >= 0.3 is 0 Å². The average molecular weight is 491 g/mol. The Balaban J connectivity index is 1.58. The number of hydrogen-bond donors (Lipinski definition) is 4. The Bertz CT molecular complexity index is 1210. The van der Waals surface area contributed by atoms with Crippen molar-refractivity contribution in [3.63, 3.8) is 0 Å². The number of terminal acetylenes is 2. The van der Waals surface area contributed by atoms with Crippen LogP contribution in [-0.2, 0) is 4.74 Å². The van der Waals surface area contributed by atoms with E-state index in [9.17, 15) is 15.3 Å². The number of fused-ring (bicyclic) bond motifs is 1. The molecule has 1 heterocycles. The zero-order chi connectivity index (χ0) is 26.1. The van der Waals surface area contributed by atoms with Gasteiger partial charge in [-0.1, -0.05) is 35.8 Å². The molecule has 0 radical (unpaired) electrons. The first-order valence-corrected chi connectivity index (χ1v) is 11.4. The lowest BCUT2D eigenvalue weighted by molar-refractivity contribution is -0.0563. The summed E-state index contributed by atoms with van der Waals surface area (Å²) in [4.78, 5) is 1.80. The molecule has 2 aromatic carbocycles. The smallest absolute Gasteiger partial charge is 0.259 e. The fourth-order valence-corrected chi connectivity index (χ4v) is 3.70. The molecule has 0 spiro atoms. The van der Waals surface area contributed by atoms with Crippen LogP contribution in [0.25, 0.3) is 0 Å². The second kappa shape index (κ2) is 12.2. The first-order valence-electron chi connectivity index (χ1n) is 11.4. The van der Waals surface area contributed by atoms with Gasteiger partial charge in [0.2, 0.25) is 0 Å². The Labute approximate surface area is 211 Å². The molecule has 3 atom stereocenters. The highest BCUT2D eigenvalue weighted by molar-refractivity contribution is 5.46. The molecule has 5 N–H and O–H groups in total. The molecule has 188 valence electrons. The largest absolute Gasteiger partial charge is 0.504 e.